The molecule has 4 N–H and O–H groups in total. The van der Waals surface area contributed by atoms with Crippen molar-refractivity contribution in [1.82, 2.24) is 4.98 Å². The number of carbonyl (C=O) groups is 1. The van der Waals surface area contributed by atoms with Gasteiger partial charge in [0.1, 0.15) is 0 Å². The van der Waals surface area contributed by atoms with Gasteiger partial charge in [0, 0.05) is 18.3 Å². The van der Waals surface area contributed by atoms with Crippen LogP contribution in [0, 0.1) is 0 Å². The minimum Gasteiger partial charge on any atom is -0.397 e. The normalized spacial score (nSPS) is 10.6. The van der Waals surface area contributed by atoms with Crippen LogP contribution in [0.3, 0.4) is 0 Å². The van der Waals surface area contributed by atoms with E-state index in [2.05, 4.69) is 4.98 Å². The highest BCUT2D eigenvalue weighted by Gasteiger charge is 2.19. The van der Waals surface area contributed by atoms with E-state index in [0.717, 1.165) is 6.20 Å². The lowest BCUT2D eigenvalue weighted by Gasteiger charge is -2.10. The van der Waals surface area contributed by atoms with Crippen molar-refractivity contribution >= 4 is 12.0 Å². The zero-order valence-electron chi connectivity index (χ0n) is 7.21. The molecule has 0 aromatic carbocycles. The largest absolute Gasteiger partial charge is 0.397 e. The van der Waals surface area contributed by atoms with Crippen LogP contribution in [0.2, 0.25) is 0 Å². The van der Waals surface area contributed by atoms with Crippen LogP contribution in [0.1, 0.15) is 28.0 Å². The molecule has 1 heterocycles. The molecule has 0 saturated carbocycles. The Labute approximate surface area is 78.9 Å². The number of pyridine rings is 1. The van der Waals surface area contributed by atoms with Crippen LogP contribution in [0.4, 0.5) is 14.5 Å². The number of aldehydes is 1. The SMILES string of the molecule is NCc1ncc(C=O)c(C(F)F)c1N. The molecule has 76 valence electrons. The van der Waals surface area contributed by atoms with Crippen LogP contribution < -0.4 is 11.5 Å². The Morgan fingerprint density at radius 2 is 2.21 bits per heavy atom. The summed E-state index contributed by atoms with van der Waals surface area (Å²) < 4.78 is 25.0. The number of nitrogens with two attached hydrogens (primary N) is 2. The van der Waals surface area contributed by atoms with E-state index >= 15 is 0 Å². The summed E-state index contributed by atoms with van der Waals surface area (Å²) in [6.07, 6.45) is -1.46. The first-order valence-corrected chi connectivity index (χ1v) is 3.82. The van der Waals surface area contributed by atoms with E-state index in [-0.39, 0.29) is 23.5 Å². The molecule has 0 radical (unpaired) electrons. The van der Waals surface area contributed by atoms with Crippen molar-refractivity contribution < 1.29 is 13.6 Å². The van der Waals surface area contributed by atoms with Gasteiger partial charge in [0.25, 0.3) is 6.43 Å². The van der Waals surface area contributed by atoms with E-state index in [1.54, 1.807) is 0 Å². The minimum atomic E-state index is -2.80. The molecule has 0 bridgehead atoms. The summed E-state index contributed by atoms with van der Waals surface area (Å²) in [7, 11) is 0. The smallest absolute Gasteiger partial charge is 0.266 e. The maximum absolute atomic E-state index is 12.5. The first-order chi connectivity index (χ1) is 6.61. The Kier molecular flexibility index (Phi) is 3.08. The third kappa shape index (κ3) is 1.69. The van der Waals surface area contributed by atoms with Gasteiger partial charge in [0.2, 0.25) is 0 Å². The maximum atomic E-state index is 12.5. The van der Waals surface area contributed by atoms with Crippen molar-refractivity contribution in [2.45, 2.75) is 13.0 Å². The number of hydrogen-bond acceptors (Lipinski definition) is 4. The zero-order valence-corrected chi connectivity index (χ0v) is 7.21. The number of anilines is 1. The van der Waals surface area contributed by atoms with E-state index in [0.29, 0.717) is 6.29 Å². The number of nitrogens with zero attached hydrogens (tertiary/aromatic N) is 1. The first kappa shape index (κ1) is 10.5. The molecule has 0 fully saturated rings. The first-order valence-electron chi connectivity index (χ1n) is 3.82. The number of carbonyl (C=O) groups excluding carboxylic acids is 1. The van der Waals surface area contributed by atoms with E-state index < -0.39 is 12.0 Å². The summed E-state index contributed by atoms with van der Waals surface area (Å²) in [5, 5.41) is 0. The number of alkyl halides is 2. The molecule has 0 aliphatic heterocycles. The number of hydrogen-bond donors (Lipinski definition) is 2. The maximum Gasteiger partial charge on any atom is 0.266 e. The monoisotopic (exact) mass is 201 g/mol. The van der Waals surface area contributed by atoms with E-state index in [1.165, 1.54) is 0 Å². The molecular formula is C8H9F2N3O. The molecule has 0 unspecified atom stereocenters. The summed E-state index contributed by atoms with van der Waals surface area (Å²) >= 11 is 0. The van der Waals surface area contributed by atoms with Gasteiger partial charge in [0.05, 0.1) is 16.9 Å². The highest BCUT2D eigenvalue weighted by Crippen LogP contribution is 2.28. The van der Waals surface area contributed by atoms with Crippen LogP contribution >= 0.6 is 0 Å². The molecule has 4 nitrogen and oxygen atoms in total. The molecule has 1 aromatic heterocycles. The fourth-order valence-corrected chi connectivity index (χ4v) is 1.10. The van der Waals surface area contributed by atoms with Gasteiger partial charge in [-0.2, -0.15) is 0 Å². The lowest BCUT2D eigenvalue weighted by Crippen LogP contribution is -2.10. The van der Waals surface area contributed by atoms with Crippen molar-refractivity contribution in [3.05, 3.63) is 23.0 Å². The van der Waals surface area contributed by atoms with Crippen LogP contribution in [-0.4, -0.2) is 11.3 Å². The van der Waals surface area contributed by atoms with Crippen molar-refractivity contribution in [1.29, 1.82) is 0 Å². The van der Waals surface area contributed by atoms with E-state index in [9.17, 15) is 13.6 Å². The highest BCUT2D eigenvalue weighted by molar-refractivity contribution is 5.80. The minimum absolute atomic E-state index is 0.0370. The van der Waals surface area contributed by atoms with Gasteiger partial charge in [-0.3, -0.25) is 9.78 Å². The Morgan fingerprint density at radius 1 is 1.57 bits per heavy atom. The Morgan fingerprint density at radius 3 is 2.64 bits per heavy atom. The molecular weight excluding hydrogens is 192 g/mol. The van der Waals surface area contributed by atoms with Crippen LogP contribution in [-0.2, 0) is 6.54 Å². The predicted molar refractivity (Wildman–Crippen MR) is 46.9 cm³/mol. The molecule has 1 aromatic rings. The topological polar surface area (TPSA) is 82.0 Å². The lowest BCUT2D eigenvalue weighted by molar-refractivity contribution is 0.110. The van der Waals surface area contributed by atoms with E-state index in [4.69, 9.17) is 11.5 Å². The quantitative estimate of drug-likeness (QED) is 0.711. The van der Waals surface area contributed by atoms with Crippen molar-refractivity contribution in [2.24, 2.45) is 5.73 Å². The van der Waals surface area contributed by atoms with Crippen LogP contribution in [0.15, 0.2) is 6.20 Å². The van der Waals surface area contributed by atoms with Gasteiger partial charge in [-0.1, -0.05) is 0 Å². The number of nitrogen functional groups attached to an aromatic ring is 1. The molecule has 0 spiro atoms. The predicted octanol–water partition coefficient (Wildman–Crippen LogP) is 0.873. The Bertz CT molecular complexity index is 355. The molecule has 1 rings (SSSR count). The molecule has 0 amide bonds. The molecule has 14 heavy (non-hydrogen) atoms. The summed E-state index contributed by atoms with van der Waals surface area (Å²) in [5.41, 5.74) is 9.91. The summed E-state index contributed by atoms with van der Waals surface area (Å²) in [6.45, 7) is -0.0370. The van der Waals surface area contributed by atoms with Gasteiger partial charge >= 0.3 is 0 Å². The number of rotatable bonds is 3. The summed E-state index contributed by atoms with van der Waals surface area (Å²) in [4.78, 5) is 14.1. The Hall–Kier alpha value is -1.56. The highest BCUT2D eigenvalue weighted by atomic mass is 19.3. The average Bonchev–Trinajstić information content (AvgIpc) is 2.16. The number of halogens is 2. The molecule has 0 aliphatic carbocycles. The van der Waals surface area contributed by atoms with Crippen molar-refractivity contribution in [2.75, 3.05) is 5.73 Å². The van der Waals surface area contributed by atoms with Gasteiger partial charge in [0.15, 0.2) is 6.29 Å². The van der Waals surface area contributed by atoms with Crippen molar-refractivity contribution in [3.8, 4) is 0 Å². The second-order valence-corrected chi connectivity index (χ2v) is 2.61. The molecule has 6 heteroatoms. The Balaban J connectivity index is 3.38. The van der Waals surface area contributed by atoms with Crippen LogP contribution in [0.25, 0.3) is 0 Å². The summed E-state index contributed by atoms with van der Waals surface area (Å²) in [6, 6.07) is 0. The van der Waals surface area contributed by atoms with Gasteiger partial charge < -0.3 is 11.5 Å². The fraction of sp³-hybridized carbons (Fsp3) is 0.250. The summed E-state index contributed by atoms with van der Waals surface area (Å²) in [5.74, 6) is 0. The van der Waals surface area contributed by atoms with E-state index in [1.807, 2.05) is 0 Å². The lowest BCUT2D eigenvalue weighted by atomic mass is 10.1. The third-order valence-electron chi connectivity index (χ3n) is 1.81. The zero-order chi connectivity index (χ0) is 10.7. The fourth-order valence-electron chi connectivity index (χ4n) is 1.10. The van der Waals surface area contributed by atoms with Gasteiger partial charge in [-0.25, -0.2) is 8.78 Å². The molecule has 0 atom stereocenters. The average molecular weight is 201 g/mol. The molecule has 0 aliphatic rings. The second kappa shape index (κ2) is 4.10. The number of aromatic nitrogens is 1. The van der Waals surface area contributed by atoms with Crippen LogP contribution in [0.5, 0.6) is 0 Å². The van der Waals surface area contributed by atoms with Crippen molar-refractivity contribution in [3.63, 3.8) is 0 Å². The second-order valence-electron chi connectivity index (χ2n) is 2.61. The molecule has 0 saturated heterocycles. The standard InChI is InChI=1S/C8H9F2N3O/c9-8(10)6-4(3-14)2-13-5(1-11)7(6)12/h2-3,8H,1,11-12H2. The van der Waals surface area contributed by atoms with Gasteiger partial charge in [-0.05, 0) is 0 Å². The third-order valence-corrected chi connectivity index (χ3v) is 1.81. The van der Waals surface area contributed by atoms with Gasteiger partial charge in [-0.15, -0.1) is 0 Å².